The summed E-state index contributed by atoms with van der Waals surface area (Å²) in [4.78, 5) is 42.0. The topological polar surface area (TPSA) is 109 Å². The molecule has 4 rings (SSSR count). The molecule has 2 amide bonds. The number of ether oxygens (including phenoxy) is 1. The Labute approximate surface area is 242 Å². The fourth-order valence-corrected chi connectivity index (χ4v) is 5.03. The van der Waals surface area contributed by atoms with Gasteiger partial charge in [-0.1, -0.05) is 6.07 Å². The van der Waals surface area contributed by atoms with Crippen LogP contribution in [0.4, 0.5) is 5.82 Å². The lowest BCUT2D eigenvalue weighted by Crippen LogP contribution is -2.39. The van der Waals surface area contributed by atoms with Gasteiger partial charge in [0.15, 0.2) is 6.10 Å². The Bertz CT molecular complexity index is 1410. The summed E-state index contributed by atoms with van der Waals surface area (Å²) in [6, 6.07) is 9.23. The van der Waals surface area contributed by atoms with Gasteiger partial charge < -0.3 is 15.4 Å². The molecular formula is C29H33IN6O3. The molecule has 0 saturated heterocycles. The summed E-state index contributed by atoms with van der Waals surface area (Å²) < 4.78 is 7.53. The number of aryl methyl sites for hydroxylation is 3. The van der Waals surface area contributed by atoms with Gasteiger partial charge in [0.1, 0.15) is 11.6 Å². The molecular weight excluding hydrogens is 607 g/mol. The predicted molar refractivity (Wildman–Crippen MR) is 161 cm³/mol. The standard InChI is InChI=1S/C29H33IN6O3/c1-17-6-7-24(33-13-17)26(16-36-9-8-32-20(4)15-36)39-25-11-18(2)22(12-23(25)28(37)31-5)29(38)35-27-19(3)10-21(30)14-34-27/h6-7,10-14,26H,8-9,15-16H2,1-5H3,(H,31,37)(H,34,35,38)/t26-/m1/s1. The molecule has 0 aliphatic carbocycles. The van der Waals surface area contributed by atoms with E-state index in [-0.39, 0.29) is 17.4 Å². The van der Waals surface area contributed by atoms with Crippen molar-refractivity contribution >= 4 is 45.9 Å². The Balaban J connectivity index is 1.67. The molecule has 2 N–H and O–H groups in total. The smallest absolute Gasteiger partial charge is 0.257 e. The molecule has 0 spiro atoms. The van der Waals surface area contributed by atoms with Crippen LogP contribution in [-0.2, 0) is 0 Å². The molecule has 1 aliphatic heterocycles. The molecule has 0 bridgehead atoms. The number of nitrogens with one attached hydrogen (secondary N) is 2. The molecule has 204 valence electrons. The van der Waals surface area contributed by atoms with E-state index in [0.717, 1.165) is 45.7 Å². The van der Waals surface area contributed by atoms with Crippen molar-refractivity contribution in [3.63, 3.8) is 0 Å². The Morgan fingerprint density at radius 2 is 1.82 bits per heavy atom. The van der Waals surface area contributed by atoms with Crippen LogP contribution in [0.1, 0.15) is 56.1 Å². The summed E-state index contributed by atoms with van der Waals surface area (Å²) in [5.41, 5.74) is 5.06. The van der Waals surface area contributed by atoms with Crippen LogP contribution in [0, 0.1) is 24.3 Å². The summed E-state index contributed by atoms with van der Waals surface area (Å²) in [6.07, 6.45) is 3.07. The highest BCUT2D eigenvalue weighted by atomic mass is 127. The van der Waals surface area contributed by atoms with Crippen LogP contribution >= 0.6 is 22.6 Å². The number of pyridine rings is 2. The molecule has 0 fully saturated rings. The molecule has 1 atom stereocenters. The maximum Gasteiger partial charge on any atom is 0.257 e. The van der Waals surface area contributed by atoms with Gasteiger partial charge in [0, 0.05) is 53.9 Å². The quantitative estimate of drug-likeness (QED) is 0.351. The van der Waals surface area contributed by atoms with Crippen molar-refractivity contribution in [3.05, 3.63) is 79.8 Å². The van der Waals surface area contributed by atoms with Crippen molar-refractivity contribution in [3.8, 4) is 5.75 Å². The Morgan fingerprint density at radius 1 is 1.03 bits per heavy atom. The van der Waals surface area contributed by atoms with Crippen molar-refractivity contribution in [1.82, 2.24) is 20.2 Å². The second kappa shape index (κ2) is 12.6. The minimum Gasteiger partial charge on any atom is -0.482 e. The third kappa shape index (κ3) is 7.18. The normalized spacial score (nSPS) is 14.4. The molecule has 10 heteroatoms. The van der Waals surface area contributed by atoms with Crippen molar-refractivity contribution in [2.45, 2.75) is 33.8 Å². The maximum absolute atomic E-state index is 13.3. The minimum atomic E-state index is -0.433. The molecule has 0 saturated carbocycles. The van der Waals surface area contributed by atoms with E-state index in [1.807, 2.05) is 52.1 Å². The van der Waals surface area contributed by atoms with Gasteiger partial charge in [-0.25, -0.2) is 4.98 Å². The number of aromatic nitrogens is 2. The van der Waals surface area contributed by atoms with E-state index < -0.39 is 6.10 Å². The van der Waals surface area contributed by atoms with Gasteiger partial charge >= 0.3 is 0 Å². The van der Waals surface area contributed by atoms with Crippen LogP contribution in [0.15, 0.2) is 47.7 Å². The molecule has 9 nitrogen and oxygen atoms in total. The van der Waals surface area contributed by atoms with Gasteiger partial charge in [-0.05, 0) is 91.2 Å². The summed E-state index contributed by atoms with van der Waals surface area (Å²) >= 11 is 2.18. The average Bonchev–Trinajstić information content (AvgIpc) is 2.90. The Morgan fingerprint density at radius 3 is 2.49 bits per heavy atom. The number of carbonyl (C=O) groups is 2. The molecule has 1 aromatic carbocycles. The van der Waals surface area contributed by atoms with Gasteiger partial charge in [-0.2, -0.15) is 0 Å². The summed E-state index contributed by atoms with van der Waals surface area (Å²) in [5, 5.41) is 5.55. The second-order valence-corrected chi connectivity index (χ2v) is 11.0. The number of aliphatic imine (C=N–C) groups is 1. The molecule has 0 radical (unpaired) electrons. The second-order valence-electron chi connectivity index (χ2n) is 9.73. The van der Waals surface area contributed by atoms with Crippen molar-refractivity contribution in [2.24, 2.45) is 4.99 Å². The SMILES string of the molecule is CNC(=O)c1cc(C(=O)Nc2ncc(I)cc2C)c(C)cc1O[C@H](CN1CCN=C(C)C1)c1ccc(C)cn1. The monoisotopic (exact) mass is 640 g/mol. The number of nitrogens with zero attached hydrogens (tertiary/aromatic N) is 4. The first-order valence-corrected chi connectivity index (χ1v) is 13.8. The van der Waals surface area contributed by atoms with Crippen LogP contribution in [0.5, 0.6) is 5.75 Å². The first-order valence-electron chi connectivity index (χ1n) is 12.8. The van der Waals surface area contributed by atoms with Gasteiger partial charge in [0.2, 0.25) is 0 Å². The van der Waals surface area contributed by atoms with E-state index >= 15 is 0 Å². The zero-order chi connectivity index (χ0) is 28.1. The highest BCUT2D eigenvalue weighted by Crippen LogP contribution is 2.30. The first kappa shape index (κ1) is 28.6. The number of hydrogen-bond acceptors (Lipinski definition) is 7. The Kier molecular flexibility index (Phi) is 9.28. The minimum absolute atomic E-state index is 0.272. The van der Waals surface area contributed by atoms with Crippen molar-refractivity contribution in [1.29, 1.82) is 0 Å². The lowest BCUT2D eigenvalue weighted by Gasteiger charge is -2.30. The van der Waals surface area contributed by atoms with Gasteiger partial charge in [0.25, 0.3) is 11.8 Å². The predicted octanol–water partition coefficient (Wildman–Crippen LogP) is 4.51. The van der Waals surface area contributed by atoms with Crippen LogP contribution in [0.2, 0.25) is 0 Å². The number of rotatable bonds is 8. The molecule has 1 aliphatic rings. The molecule has 3 aromatic rings. The maximum atomic E-state index is 13.3. The summed E-state index contributed by atoms with van der Waals surface area (Å²) in [6.45, 7) is 10.6. The van der Waals surface area contributed by atoms with E-state index in [2.05, 4.69) is 53.1 Å². The fourth-order valence-electron chi connectivity index (χ4n) is 4.42. The van der Waals surface area contributed by atoms with Crippen molar-refractivity contribution in [2.75, 3.05) is 38.5 Å². The zero-order valence-electron chi connectivity index (χ0n) is 22.8. The van der Waals surface area contributed by atoms with Crippen LogP contribution in [0.25, 0.3) is 0 Å². The number of halogens is 1. The van der Waals surface area contributed by atoms with Gasteiger partial charge in [-0.15, -0.1) is 0 Å². The highest BCUT2D eigenvalue weighted by Gasteiger charge is 2.25. The van der Waals surface area contributed by atoms with Gasteiger partial charge in [-0.3, -0.25) is 24.5 Å². The number of carbonyl (C=O) groups excluding carboxylic acids is 2. The number of anilines is 1. The molecule has 39 heavy (non-hydrogen) atoms. The van der Waals surface area contributed by atoms with E-state index in [1.165, 1.54) is 0 Å². The largest absolute Gasteiger partial charge is 0.482 e. The number of hydrogen-bond donors (Lipinski definition) is 2. The van der Waals surface area contributed by atoms with E-state index in [9.17, 15) is 9.59 Å². The summed E-state index contributed by atoms with van der Waals surface area (Å²) in [7, 11) is 1.55. The fraction of sp³-hybridized carbons (Fsp3) is 0.345. The number of benzene rings is 1. The summed E-state index contributed by atoms with van der Waals surface area (Å²) in [5.74, 6) is 0.175. The zero-order valence-corrected chi connectivity index (χ0v) is 25.0. The van der Waals surface area contributed by atoms with Gasteiger partial charge in [0.05, 0.1) is 17.8 Å². The molecule has 2 aromatic heterocycles. The van der Waals surface area contributed by atoms with Crippen LogP contribution < -0.4 is 15.4 Å². The number of amides is 2. The van der Waals surface area contributed by atoms with E-state index in [1.54, 1.807) is 25.4 Å². The highest BCUT2D eigenvalue weighted by molar-refractivity contribution is 14.1. The van der Waals surface area contributed by atoms with Crippen LogP contribution in [0.3, 0.4) is 0 Å². The molecule has 3 heterocycles. The van der Waals surface area contributed by atoms with E-state index in [4.69, 9.17) is 4.74 Å². The Hall–Kier alpha value is -3.38. The first-order chi connectivity index (χ1) is 18.6. The third-order valence-corrected chi connectivity index (χ3v) is 7.12. The molecule has 0 unspecified atom stereocenters. The van der Waals surface area contributed by atoms with E-state index in [0.29, 0.717) is 29.2 Å². The lowest BCUT2D eigenvalue weighted by atomic mass is 10.0. The average molecular weight is 641 g/mol. The van der Waals surface area contributed by atoms with Crippen LogP contribution in [-0.4, -0.2) is 65.6 Å². The lowest BCUT2D eigenvalue weighted by molar-refractivity contribution is 0.0948. The third-order valence-electron chi connectivity index (χ3n) is 6.53. The van der Waals surface area contributed by atoms with Crippen molar-refractivity contribution < 1.29 is 14.3 Å².